The van der Waals surface area contributed by atoms with E-state index in [2.05, 4.69) is 6.58 Å². The number of benzene rings is 1. The molecule has 24 heavy (non-hydrogen) atoms. The smallest absolute Gasteiger partial charge is 0.320 e. The Kier molecular flexibility index (Phi) is 9.46. The summed E-state index contributed by atoms with van der Waals surface area (Å²) in [7, 11) is 1.87. The number of unbranched alkanes of at least 4 members (excludes halogenated alkanes) is 1. The van der Waals surface area contributed by atoms with Crippen molar-refractivity contribution in [2.45, 2.75) is 32.7 Å². The Hall–Kier alpha value is -2.14. The van der Waals surface area contributed by atoms with Crippen molar-refractivity contribution in [3.63, 3.8) is 0 Å². The van der Waals surface area contributed by atoms with Crippen LogP contribution in [0.1, 0.15) is 31.7 Å². The van der Waals surface area contributed by atoms with E-state index in [0.29, 0.717) is 19.6 Å². The van der Waals surface area contributed by atoms with E-state index >= 15 is 0 Å². The van der Waals surface area contributed by atoms with E-state index in [9.17, 15) is 9.59 Å². The Balaban J connectivity index is 2.29. The lowest BCUT2D eigenvalue weighted by Gasteiger charge is -2.16. The van der Waals surface area contributed by atoms with Crippen LogP contribution >= 0.6 is 0 Å². The van der Waals surface area contributed by atoms with Gasteiger partial charge in [-0.15, -0.1) is 0 Å². The van der Waals surface area contributed by atoms with Crippen LogP contribution in [0.5, 0.6) is 5.75 Å². The number of carbonyl (C=O) groups is 2. The summed E-state index contributed by atoms with van der Waals surface area (Å²) in [5.74, 6) is 0.773. The molecule has 5 nitrogen and oxygen atoms in total. The molecule has 5 heteroatoms. The summed E-state index contributed by atoms with van der Waals surface area (Å²) in [6.45, 7) is 6.86. The molecule has 0 aliphatic heterocycles. The normalized spacial score (nSPS) is 10.5. The fraction of sp³-hybridized carbons (Fsp3) is 0.474. The van der Waals surface area contributed by atoms with Crippen LogP contribution < -0.4 is 4.74 Å². The average Bonchev–Trinajstić information content (AvgIpc) is 2.53. The van der Waals surface area contributed by atoms with Crippen LogP contribution in [0.2, 0.25) is 0 Å². The van der Waals surface area contributed by atoms with Crippen LogP contribution in [0.4, 0.5) is 0 Å². The molecule has 0 N–H and O–H groups in total. The summed E-state index contributed by atoms with van der Waals surface area (Å²) in [6, 6.07) is 7.81. The number of likely N-dealkylation sites (N-methyl/N-ethyl adjacent to an activating group) is 1. The average molecular weight is 333 g/mol. The second-order valence-electron chi connectivity index (χ2n) is 5.80. The first-order valence-corrected chi connectivity index (χ1v) is 8.17. The molecule has 0 aliphatic carbocycles. The second kappa shape index (κ2) is 11.4. The molecule has 0 atom stereocenters. The third-order valence-electron chi connectivity index (χ3n) is 3.33. The van der Waals surface area contributed by atoms with Gasteiger partial charge in [0.2, 0.25) is 0 Å². The second-order valence-corrected chi connectivity index (χ2v) is 5.80. The van der Waals surface area contributed by atoms with E-state index in [1.807, 2.05) is 36.2 Å². The first-order valence-electron chi connectivity index (χ1n) is 8.17. The van der Waals surface area contributed by atoms with Crippen molar-refractivity contribution in [2.75, 3.05) is 26.8 Å². The van der Waals surface area contributed by atoms with Crippen molar-refractivity contribution in [1.29, 1.82) is 0 Å². The number of hydrogen-bond acceptors (Lipinski definition) is 5. The van der Waals surface area contributed by atoms with Gasteiger partial charge in [-0.25, -0.2) is 0 Å². The maximum Gasteiger partial charge on any atom is 0.320 e. The molecule has 0 aliphatic rings. The maximum absolute atomic E-state index is 11.5. The van der Waals surface area contributed by atoms with Gasteiger partial charge >= 0.3 is 5.97 Å². The minimum Gasteiger partial charge on any atom is -0.494 e. The van der Waals surface area contributed by atoms with E-state index in [4.69, 9.17) is 9.47 Å². The Morgan fingerprint density at radius 1 is 1.21 bits per heavy atom. The molecule has 0 saturated heterocycles. The molecule has 0 unspecified atom stereocenters. The molecule has 0 spiro atoms. The van der Waals surface area contributed by atoms with Crippen LogP contribution in [0.25, 0.3) is 0 Å². The predicted molar refractivity (Wildman–Crippen MR) is 94.0 cm³/mol. The Morgan fingerprint density at radius 3 is 2.54 bits per heavy atom. The van der Waals surface area contributed by atoms with Crippen molar-refractivity contribution in [2.24, 2.45) is 0 Å². The number of ketones is 1. The summed E-state index contributed by atoms with van der Waals surface area (Å²) >= 11 is 0. The molecule has 0 amide bonds. The lowest BCUT2D eigenvalue weighted by atomic mass is 10.2. The highest BCUT2D eigenvalue weighted by atomic mass is 16.5. The fourth-order valence-corrected chi connectivity index (χ4v) is 2.14. The van der Waals surface area contributed by atoms with Gasteiger partial charge in [0.05, 0.1) is 13.2 Å². The zero-order chi connectivity index (χ0) is 17.8. The summed E-state index contributed by atoms with van der Waals surface area (Å²) in [5.41, 5.74) is 1.10. The Labute approximate surface area is 144 Å². The summed E-state index contributed by atoms with van der Waals surface area (Å²) in [6.07, 6.45) is 3.90. The first kappa shape index (κ1) is 19.9. The summed E-state index contributed by atoms with van der Waals surface area (Å²) in [5, 5.41) is 0. The molecule has 0 heterocycles. The lowest BCUT2D eigenvalue weighted by Crippen LogP contribution is -2.27. The summed E-state index contributed by atoms with van der Waals surface area (Å²) in [4.78, 5) is 24.3. The van der Waals surface area contributed by atoms with Crippen molar-refractivity contribution < 1.29 is 19.1 Å². The molecule has 0 saturated carbocycles. The molecule has 0 fully saturated rings. The van der Waals surface area contributed by atoms with Crippen molar-refractivity contribution in [3.8, 4) is 5.75 Å². The van der Waals surface area contributed by atoms with E-state index in [-0.39, 0.29) is 24.9 Å². The monoisotopic (exact) mass is 333 g/mol. The van der Waals surface area contributed by atoms with Crippen LogP contribution in [-0.2, 0) is 20.9 Å². The van der Waals surface area contributed by atoms with Crippen LogP contribution in [0.15, 0.2) is 36.9 Å². The third kappa shape index (κ3) is 9.10. The number of carbonyl (C=O) groups excluding carboxylic acids is 2. The van der Waals surface area contributed by atoms with Gasteiger partial charge in [0.15, 0.2) is 0 Å². The predicted octanol–water partition coefficient (Wildman–Crippen LogP) is 2.99. The number of esters is 1. The largest absolute Gasteiger partial charge is 0.494 e. The minimum absolute atomic E-state index is 0.219. The van der Waals surface area contributed by atoms with Crippen LogP contribution in [-0.4, -0.2) is 43.5 Å². The lowest BCUT2D eigenvalue weighted by molar-refractivity contribution is -0.143. The van der Waals surface area contributed by atoms with E-state index in [1.165, 1.54) is 0 Å². The standard InChI is InChI=1S/C19H27NO4/c1-4-12-24-19(22)15-20(3)14-17-8-10-18(11-9-17)23-13-6-5-7-16(2)21/h4,8-11H,1,5-7,12-15H2,2-3H3. The molecule has 1 aromatic carbocycles. The van der Waals surface area contributed by atoms with Gasteiger partial charge in [0.25, 0.3) is 0 Å². The Bertz CT molecular complexity index is 525. The first-order chi connectivity index (χ1) is 11.5. The number of ether oxygens (including phenoxy) is 2. The van der Waals surface area contributed by atoms with Crippen LogP contribution in [0.3, 0.4) is 0 Å². The molecule has 1 aromatic rings. The number of rotatable bonds is 12. The van der Waals surface area contributed by atoms with Gasteiger partial charge in [0, 0.05) is 13.0 Å². The highest BCUT2D eigenvalue weighted by molar-refractivity contribution is 5.75. The molecular weight excluding hydrogens is 306 g/mol. The van der Waals surface area contributed by atoms with Crippen molar-refractivity contribution in [3.05, 3.63) is 42.5 Å². The molecular formula is C19H27NO4. The molecule has 1 rings (SSSR count). The zero-order valence-electron chi connectivity index (χ0n) is 14.6. The van der Waals surface area contributed by atoms with Gasteiger partial charge in [-0.1, -0.05) is 24.8 Å². The number of nitrogens with zero attached hydrogens (tertiary/aromatic N) is 1. The number of hydrogen-bond donors (Lipinski definition) is 0. The van der Waals surface area contributed by atoms with Gasteiger partial charge in [-0.3, -0.25) is 9.69 Å². The number of Topliss-reactive ketones (excluding diaryl/α,β-unsaturated/α-hetero) is 1. The van der Waals surface area contributed by atoms with Gasteiger partial charge in [0.1, 0.15) is 18.1 Å². The van der Waals surface area contributed by atoms with Crippen LogP contribution in [0, 0.1) is 0 Å². The van der Waals surface area contributed by atoms with Crippen molar-refractivity contribution >= 4 is 11.8 Å². The van der Waals surface area contributed by atoms with E-state index < -0.39 is 0 Å². The summed E-state index contributed by atoms with van der Waals surface area (Å²) < 4.78 is 10.6. The van der Waals surface area contributed by atoms with Gasteiger partial charge < -0.3 is 14.3 Å². The SMILES string of the molecule is C=CCOC(=O)CN(C)Cc1ccc(OCCCCC(C)=O)cc1. The molecule has 0 aromatic heterocycles. The van der Waals surface area contributed by atoms with E-state index in [0.717, 1.165) is 24.2 Å². The topological polar surface area (TPSA) is 55.8 Å². The highest BCUT2D eigenvalue weighted by Gasteiger charge is 2.08. The minimum atomic E-state index is -0.261. The maximum atomic E-state index is 11.5. The highest BCUT2D eigenvalue weighted by Crippen LogP contribution is 2.14. The fourth-order valence-electron chi connectivity index (χ4n) is 2.14. The molecule has 132 valence electrons. The van der Waals surface area contributed by atoms with Crippen molar-refractivity contribution in [1.82, 2.24) is 4.90 Å². The zero-order valence-corrected chi connectivity index (χ0v) is 14.6. The Morgan fingerprint density at radius 2 is 1.92 bits per heavy atom. The quantitative estimate of drug-likeness (QED) is 0.334. The van der Waals surface area contributed by atoms with E-state index in [1.54, 1.807) is 13.0 Å². The molecule has 0 radical (unpaired) electrons. The van der Waals surface area contributed by atoms with Gasteiger partial charge in [-0.2, -0.15) is 0 Å². The molecule has 0 bridgehead atoms. The third-order valence-corrected chi connectivity index (χ3v) is 3.33. The van der Waals surface area contributed by atoms with Gasteiger partial charge in [-0.05, 0) is 44.5 Å².